The van der Waals surface area contributed by atoms with Crippen LogP contribution in [0.25, 0.3) is 11.2 Å². The van der Waals surface area contributed by atoms with Crippen molar-refractivity contribution < 1.29 is 10.2 Å². The molecule has 0 aliphatic heterocycles. The minimum Gasteiger partial charge on any atom is -0.396 e. The van der Waals surface area contributed by atoms with Gasteiger partial charge in [-0.3, -0.25) is 4.79 Å². The summed E-state index contributed by atoms with van der Waals surface area (Å²) >= 11 is 0. The van der Waals surface area contributed by atoms with E-state index in [4.69, 9.17) is 0 Å². The number of aromatic nitrogens is 4. The summed E-state index contributed by atoms with van der Waals surface area (Å²) < 4.78 is 1.85. The Hall–Kier alpha value is -1.73. The zero-order valence-electron chi connectivity index (χ0n) is 11.2. The van der Waals surface area contributed by atoms with E-state index in [0.29, 0.717) is 17.6 Å². The number of hydrogen-bond acceptors (Lipinski definition) is 5. The summed E-state index contributed by atoms with van der Waals surface area (Å²) in [6.45, 7) is 1.99. The molecule has 0 amide bonds. The van der Waals surface area contributed by atoms with Gasteiger partial charge < -0.3 is 19.8 Å². The number of H-pyrrole nitrogens is 1. The Balaban J connectivity index is 1.99. The van der Waals surface area contributed by atoms with Crippen LogP contribution < -0.4 is 5.56 Å². The molecule has 0 aromatic carbocycles. The number of aliphatic hydroxyl groups is 2. The summed E-state index contributed by atoms with van der Waals surface area (Å²) in [5.41, 5.74) is 0.576. The van der Waals surface area contributed by atoms with Crippen molar-refractivity contribution in [3.8, 4) is 0 Å². The lowest BCUT2D eigenvalue weighted by molar-refractivity contribution is -0.0554. The maximum atomic E-state index is 11.7. The second-order valence-electron chi connectivity index (χ2n) is 5.35. The van der Waals surface area contributed by atoms with Crippen molar-refractivity contribution in [3.05, 3.63) is 23.0 Å². The Kier molecular flexibility index (Phi) is 3.31. The van der Waals surface area contributed by atoms with E-state index in [9.17, 15) is 15.0 Å². The third-order valence-electron chi connectivity index (χ3n) is 4.35. The van der Waals surface area contributed by atoms with Gasteiger partial charge in [-0.2, -0.15) is 0 Å². The average molecular weight is 278 g/mol. The van der Waals surface area contributed by atoms with Crippen LogP contribution in [-0.2, 0) is 0 Å². The molecule has 7 heteroatoms. The van der Waals surface area contributed by atoms with Gasteiger partial charge in [-0.05, 0) is 18.8 Å². The molecule has 108 valence electrons. The Morgan fingerprint density at radius 1 is 1.55 bits per heavy atom. The first-order chi connectivity index (χ1) is 9.67. The molecular weight excluding hydrogens is 260 g/mol. The van der Waals surface area contributed by atoms with Crippen molar-refractivity contribution in [1.29, 1.82) is 0 Å². The number of aromatic amines is 1. The third kappa shape index (κ3) is 1.85. The monoisotopic (exact) mass is 278 g/mol. The van der Waals surface area contributed by atoms with Crippen LogP contribution in [0, 0.1) is 11.8 Å². The topological polar surface area (TPSA) is 104 Å². The Bertz CT molecular complexity index is 659. The Morgan fingerprint density at radius 3 is 3.05 bits per heavy atom. The Morgan fingerprint density at radius 2 is 2.35 bits per heavy atom. The SMILES string of the molecule is CCC(O)C1C(CO)CC1n1cnc2c(=O)[nH]cnc21. The van der Waals surface area contributed by atoms with Gasteiger partial charge in [0.25, 0.3) is 5.56 Å². The van der Waals surface area contributed by atoms with Crippen LogP contribution in [0.5, 0.6) is 0 Å². The third-order valence-corrected chi connectivity index (χ3v) is 4.35. The molecule has 3 N–H and O–H groups in total. The summed E-state index contributed by atoms with van der Waals surface area (Å²) in [5.74, 6) is 0.0675. The molecule has 0 bridgehead atoms. The largest absolute Gasteiger partial charge is 0.396 e. The van der Waals surface area contributed by atoms with Gasteiger partial charge in [0.15, 0.2) is 11.2 Å². The summed E-state index contributed by atoms with van der Waals surface area (Å²) in [4.78, 5) is 22.4. The van der Waals surface area contributed by atoms with Crippen molar-refractivity contribution in [2.75, 3.05) is 6.61 Å². The molecule has 0 saturated heterocycles. The lowest BCUT2D eigenvalue weighted by Crippen LogP contribution is -2.46. The van der Waals surface area contributed by atoms with Gasteiger partial charge in [-0.15, -0.1) is 0 Å². The molecule has 0 spiro atoms. The highest BCUT2D eigenvalue weighted by Gasteiger charge is 2.45. The lowest BCUT2D eigenvalue weighted by atomic mass is 9.66. The number of rotatable bonds is 4. The second kappa shape index (κ2) is 4.99. The van der Waals surface area contributed by atoms with Crippen LogP contribution in [-0.4, -0.2) is 42.4 Å². The standard InChI is InChI=1S/C13H18N4O3/c1-2-9(19)10-7(4-18)3-8(10)17-6-16-11-12(17)14-5-15-13(11)20/h5-10,18-19H,2-4H2,1H3,(H,14,15,20). The van der Waals surface area contributed by atoms with Gasteiger partial charge in [0.05, 0.1) is 18.8 Å². The lowest BCUT2D eigenvalue weighted by Gasteiger charge is -2.46. The van der Waals surface area contributed by atoms with Crippen molar-refractivity contribution in [2.45, 2.75) is 31.9 Å². The highest BCUT2D eigenvalue weighted by atomic mass is 16.3. The molecule has 4 unspecified atom stereocenters. The normalized spacial score (nSPS) is 27.4. The van der Waals surface area contributed by atoms with Crippen molar-refractivity contribution in [2.24, 2.45) is 11.8 Å². The highest BCUT2D eigenvalue weighted by Crippen LogP contribution is 2.47. The van der Waals surface area contributed by atoms with E-state index in [2.05, 4.69) is 15.0 Å². The molecule has 0 radical (unpaired) electrons. The van der Waals surface area contributed by atoms with E-state index in [1.807, 2.05) is 11.5 Å². The first-order valence-electron chi connectivity index (χ1n) is 6.86. The van der Waals surface area contributed by atoms with Crippen molar-refractivity contribution >= 4 is 11.2 Å². The van der Waals surface area contributed by atoms with Crippen molar-refractivity contribution in [1.82, 2.24) is 19.5 Å². The summed E-state index contributed by atoms with van der Waals surface area (Å²) in [6, 6.07) is 0.0291. The summed E-state index contributed by atoms with van der Waals surface area (Å²) in [6.07, 6.45) is 3.89. The molecular formula is C13H18N4O3. The molecule has 20 heavy (non-hydrogen) atoms. The predicted molar refractivity (Wildman–Crippen MR) is 72.2 cm³/mol. The van der Waals surface area contributed by atoms with E-state index in [1.54, 1.807) is 6.33 Å². The van der Waals surface area contributed by atoms with Gasteiger partial charge in [0, 0.05) is 18.6 Å². The van der Waals surface area contributed by atoms with Gasteiger partial charge >= 0.3 is 0 Å². The molecule has 2 aromatic heterocycles. The maximum Gasteiger partial charge on any atom is 0.278 e. The number of imidazole rings is 1. The van der Waals surface area contributed by atoms with Crippen LogP contribution in [0.4, 0.5) is 0 Å². The molecule has 2 aromatic rings. The first-order valence-corrected chi connectivity index (χ1v) is 6.86. The molecule has 7 nitrogen and oxygen atoms in total. The van der Waals surface area contributed by atoms with Crippen molar-refractivity contribution in [3.63, 3.8) is 0 Å². The fraction of sp³-hybridized carbons (Fsp3) is 0.615. The van der Waals surface area contributed by atoms with Gasteiger partial charge in [0.1, 0.15) is 0 Å². The molecule has 1 saturated carbocycles. The molecule has 2 heterocycles. The molecule has 3 rings (SSSR count). The fourth-order valence-electron chi connectivity index (χ4n) is 3.19. The highest BCUT2D eigenvalue weighted by molar-refractivity contribution is 5.69. The van der Waals surface area contributed by atoms with E-state index < -0.39 is 6.10 Å². The molecule has 1 aliphatic carbocycles. The first kappa shape index (κ1) is 13.3. The second-order valence-corrected chi connectivity index (χ2v) is 5.35. The predicted octanol–water partition coefficient (Wildman–Crippen LogP) is 0.0600. The summed E-state index contributed by atoms with van der Waals surface area (Å²) in [5, 5.41) is 19.5. The minimum atomic E-state index is -0.467. The number of fused-ring (bicyclic) bond motifs is 1. The number of nitrogens with zero attached hydrogens (tertiary/aromatic N) is 3. The van der Waals surface area contributed by atoms with E-state index >= 15 is 0 Å². The fourth-order valence-corrected chi connectivity index (χ4v) is 3.19. The number of nitrogens with one attached hydrogen (secondary N) is 1. The number of aliphatic hydroxyl groups excluding tert-OH is 2. The van der Waals surface area contributed by atoms with Crippen LogP contribution in [0.2, 0.25) is 0 Å². The van der Waals surface area contributed by atoms with Crippen LogP contribution in [0.3, 0.4) is 0 Å². The van der Waals surface area contributed by atoms with Gasteiger partial charge in [-0.1, -0.05) is 6.92 Å². The van der Waals surface area contributed by atoms with Gasteiger partial charge in [0.2, 0.25) is 0 Å². The quantitative estimate of drug-likeness (QED) is 0.733. The van der Waals surface area contributed by atoms with Crippen LogP contribution in [0.1, 0.15) is 25.8 Å². The molecule has 1 fully saturated rings. The van der Waals surface area contributed by atoms with Crippen LogP contribution >= 0.6 is 0 Å². The Labute approximate surface area is 115 Å². The van der Waals surface area contributed by atoms with E-state index in [0.717, 1.165) is 6.42 Å². The minimum absolute atomic E-state index is 0.0245. The zero-order valence-corrected chi connectivity index (χ0v) is 11.2. The average Bonchev–Trinajstić information content (AvgIpc) is 2.83. The maximum absolute atomic E-state index is 11.7. The zero-order chi connectivity index (χ0) is 14.3. The smallest absolute Gasteiger partial charge is 0.278 e. The van der Waals surface area contributed by atoms with Crippen LogP contribution in [0.15, 0.2) is 17.4 Å². The number of hydrogen-bond donors (Lipinski definition) is 3. The molecule has 4 atom stereocenters. The molecule has 1 aliphatic rings. The van der Waals surface area contributed by atoms with E-state index in [1.165, 1.54) is 6.33 Å². The summed E-state index contributed by atoms with van der Waals surface area (Å²) in [7, 11) is 0. The van der Waals surface area contributed by atoms with Gasteiger partial charge in [-0.25, -0.2) is 9.97 Å². The van der Waals surface area contributed by atoms with E-state index in [-0.39, 0.29) is 30.0 Å².